The van der Waals surface area contributed by atoms with Crippen LogP contribution >= 0.6 is 0 Å². The number of carbonyl (C=O) groups is 2. The quantitative estimate of drug-likeness (QED) is 0.336. The van der Waals surface area contributed by atoms with Gasteiger partial charge in [0.25, 0.3) is 0 Å². The van der Waals surface area contributed by atoms with Gasteiger partial charge in [-0.25, -0.2) is 0 Å². The van der Waals surface area contributed by atoms with Crippen LogP contribution in [0.1, 0.15) is 0 Å². The number of carboxylic acid groups (broad SMARTS) is 2. The summed E-state index contributed by atoms with van der Waals surface area (Å²) in [6, 6.07) is 0. The Bertz CT molecular complexity index is 30.7. The van der Waals surface area contributed by atoms with Gasteiger partial charge in [0.1, 0.15) is 0 Å². The van der Waals surface area contributed by atoms with E-state index in [1.165, 1.54) is 0 Å². The van der Waals surface area contributed by atoms with E-state index < -0.39 is 12.9 Å². The molecule has 0 heterocycles. The maximum absolute atomic E-state index is 8.25. The first-order valence-corrected chi connectivity index (χ1v) is 0.943. The topological polar surface area (TPSA) is 80.3 Å². The SMILES string of the molecule is O=C[O-].O=C[O-].[PbH2+2]. The Labute approximate surface area is 60.3 Å². The second kappa shape index (κ2) is 40.0. The number of hydrogen-bond acceptors (Lipinski definition) is 4. The van der Waals surface area contributed by atoms with Crippen LogP contribution in [0.25, 0.3) is 0 Å². The zero-order chi connectivity index (χ0) is 5.41. The van der Waals surface area contributed by atoms with Gasteiger partial charge >= 0.3 is 27.3 Å². The van der Waals surface area contributed by atoms with Crippen LogP contribution in [0.4, 0.5) is 0 Å². The average molecular weight is 299 g/mol. The summed E-state index contributed by atoms with van der Waals surface area (Å²) in [5.41, 5.74) is 0. The molecule has 0 fully saturated rings. The summed E-state index contributed by atoms with van der Waals surface area (Å²) in [5.74, 6) is 0. The molecule has 0 unspecified atom stereocenters. The van der Waals surface area contributed by atoms with Crippen LogP contribution in [-0.2, 0) is 9.59 Å². The minimum atomic E-state index is -0.500. The van der Waals surface area contributed by atoms with Crippen molar-refractivity contribution in [3.8, 4) is 0 Å². The molecule has 0 aliphatic rings. The molecule has 0 saturated heterocycles. The molecule has 4 nitrogen and oxygen atoms in total. The number of carbonyl (C=O) groups excluding carboxylic acids is 2. The minimum absolute atomic E-state index is 0. The second-order valence-electron chi connectivity index (χ2n) is 0.192. The molecule has 0 aliphatic heterocycles. The standard InChI is InChI=1S/2CH2O2.Pb.2H/c2*2-1-3;;;/h2*1H,(H,2,3);;;/q;;+2;;/p-2. The van der Waals surface area contributed by atoms with Crippen molar-refractivity contribution >= 4 is 40.2 Å². The van der Waals surface area contributed by atoms with E-state index in [2.05, 4.69) is 0 Å². The Balaban J connectivity index is -0.0000000400. The fourth-order valence-corrected chi connectivity index (χ4v) is 0. The van der Waals surface area contributed by atoms with Crippen LogP contribution in [-0.4, -0.2) is 40.2 Å². The van der Waals surface area contributed by atoms with Gasteiger partial charge in [-0.15, -0.1) is 0 Å². The molecule has 0 aromatic rings. The van der Waals surface area contributed by atoms with Gasteiger partial charge in [-0.3, -0.25) is 0 Å². The zero-order valence-electron chi connectivity index (χ0n) is 3.49. The summed E-state index contributed by atoms with van der Waals surface area (Å²) in [5, 5.41) is 16.5. The number of hydrogen-bond donors (Lipinski definition) is 0. The fraction of sp³-hybridized carbons (Fsp3) is 0. The Morgan fingerprint density at radius 2 is 1.00 bits per heavy atom. The molecule has 0 aliphatic carbocycles. The van der Waals surface area contributed by atoms with Gasteiger partial charge in [0.2, 0.25) is 0 Å². The Morgan fingerprint density at radius 1 is 1.00 bits per heavy atom. The van der Waals surface area contributed by atoms with Crippen molar-refractivity contribution in [2.45, 2.75) is 0 Å². The Morgan fingerprint density at radius 3 is 1.00 bits per heavy atom. The second-order valence-corrected chi connectivity index (χ2v) is 0.192. The molecule has 40 valence electrons. The monoisotopic (exact) mass is 300 g/mol. The maximum atomic E-state index is 8.25. The third kappa shape index (κ3) is 4600. The van der Waals surface area contributed by atoms with E-state index in [0.29, 0.717) is 0 Å². The predicted octanol–water partition coefficient (Wildman–Crippen LogP) is -4.18. The predicted molar refractivity (Wildman–Crippen MR) is 20.7 cm³/mol. The summed E-state index contributed by atoms with van der Waals surface area (Å²) < 4.78 is 0. The van der Waals surface area contributed by atoms with Crippen LogP contribution in [0.2, 0.25) is 0 Å². The van der Waals surface area contributed by atoms with Crippen molar-refractivity contribution in [1.29, 1.82) is 0 Å². The molecular formula is C2H4O4Pb. The molecule has 0 aromatic heterocycles. The summed E-state index contributed by atoms with van der Waals surface area (Å²) in [7, 11) is 0. The molecular weight excluding hydrogens is 295 g/mol. The Hall–Kier alpha value is -0.138. The molecule has 0 N–H and O–H groups in total. The van der Waals surface area contributed by atoms with Gasteiger partial charge in [0.15, 0.2) is 0 Å². The van der Waals surface area contributed by atoms with Crippen molar-refractivity contribution in [3.05, 3.63) is 0 Å². The van der Waals surface area contributed by atoms with Crippen molar-refractivity contribution in [3.63, 3.8) is 0 Å². The van der Waals surface area contributed by atoms with Crippen LogP contribution in [0, 0.1) is 0 Å². The van der Waals surface area contributed by atoms with Crippen molar-refractivity contribution in [2.75, 3.05) is 0 Å². The van der Waals surface area contributed by atoms with Crippen LogP contribution in [0.3, 0.4) is 0 Å². The van der Waals surface area contributed by atoms with Crippen molar-refractivity contribution in [1.82, 2.24) is 0 Å². The van der Waals surface area contributed by atoms with E-state index in [1.54, 1.807) is 0 Å². The molecule has 0 spiro atoms. The summed E-state index contributed by atoms with van der Waals surface area (Å²) in [6.45, 7) is -1.00. The van der Waals surface area contributed by atoms with Gasteiger partial charge in [-0.2, -0.15) is 0 Å². The van der Waals surface area contributed by atoms with Gasteiger partial charge in [0, 0.05) is 12.9 Å². The molecule has 0 aromatic carbocycles. The number of rotatable bonds is 0. The van der Waals surface area contributed by atoms with E-state index in [4.69, 9.17) is 19.8 Å². The summed E-state index contributed by atoms with van der Waals surface area (Å²) in [4.78, 5) is 16.5. The molecule has 0 radical (unpaired) electrons. The molecule has 0 bridgehead atoms. The molecule has 5 heteroatoms. The van der Waals surface area contributed by atoms with E-state index in [9.17, 15) is 0 Å². The molecule has 0 amide bonds. The molecule has 0 atom stereocenters. The van der Waals surface area contributed by atoms with Crippen molar-refractivity contribution < 1.29 is 19.8 Å². The summed E-state index contributed by atoms with van der Waals surface area (Å²) >= 11 is 0. The Kier molecular flexibility index (Phi) is 90.3. The van der Waals surface area contributed by atoms with Crippen LogP contribution in [0.5, 0.6) is 0 Å². The van der Waals surface area contributed by atoms with Gasteiger partial charge in [-0.1, -0.05) is 0 Å². The first-order chi connectivity index (χ1) is 2.83. The zero-order valence-corrected chi connectivity index (χ0v) is 8.99. The first kappa shape index (κ1) is 15.8. The third-order valence-corrected chi connectivity index (χ3v) is 0. The third-order valence-electron chi connectivity index (χ3n) is 0. The van der Waals surface area contributed by atoms with Gasteiger partial charge in [0.05, 0.1) is 0 Å². The summed E-state index contributed by atoms with van der Waals surface area (Å²) in [6.07, 6.45) is 0. The van der Waals surface area contributed by atoms with Gasteiger partial charge < -0.3 is 19.8 Å². The normalized spacial score (nSPS) is 3.43. The molecule has 7 heavy (non-hydrogen) atoms. The van der Waals surface area contributed by atoms with E-state index in [-0.39, 0.29) is 27.3 Å². The molecule has 0 rings (SSSR count). The van der Waals surface area contributed by atoms with Crippen molar-refractivity contribution in [2.24, 2.45) is 0 Å². The van der Waals surface area contributed by atoms with Crippen LogP contribution in [0.15, 0.2) is 0 Å². The van der Waals surface area contributed by atoms with Crippen LogP contribution < -0.4 is 10.2 Å². The average Bonchev–Trinajstić information content (AvgIpc) is 1.39. The molecule has 0 saturated carbocycles. The fourth-order valence-electron chi connectivity index (χ4n) is 0. The van der Waals surface area contributed by atoms with Gasteiger partial charge in [-0.05, 0) is 0 Å². The van der Waals surface area contributed by atoms with E-state index in [0.717, 1.165) is 0 Å². The van der Waals surface area contributed by atoms with E-state index >= 15 is 0 Å². The first-order valence-electron chi connectivity index (χ1n) is 0.943. The van der Waals surface area contributed by atoms with E-state index in [1.807, 2.05) is 0 Å².